The van der Waals surface area contributed by atoms with Crippen LogP contribution in [0.3, 0.4) is 0 Å². The molecular weight excluding hydrogens is 244 g/mol. The van der Waals surface area contributed by atoms with Crippen LogP contribution < -0.4 is 14.8 Å². The van der Waals surface area contributed by atoms with E-state index in [1.165, 1.54) is 14.2 Å². The third-order valence-electron chi connectivity index (χ3n) is 3.17. The van der Waals surface area contributed by atoms with Gasteiger partial charge in [-0.05, 0) is 30.9 Å². The van der Waals surface area contributed by atoms with Gasteiger partial charge in [-0.1, -0.05) is 6.07 Å². The van der Waals surface area contributed by atoms with Gasteiger partial charge in [0.1, 0.15) is 6.04 Å². The van der Waals surface area contributed by atoms with Crippen LogP contribution >= 0.6 is 0 Å². The molecule has 0 radical (unpaired) electrons. The second kappa shape index (κ2) is 5.61. The predicted molar refractivity (Wildman–Crippen MR) is 69.1 cm³/mol. The Kier molecular flexibility index (Phi) is 3.91. The average Bonchev–Trinajstić information content (AvgIpc) is 3.27. The van der Waals surface area contributed by atoms with Crippen LogP contribution in [0.2, 0.25) is 0 Å². The van der Waals surface area contributed by atoms with Crippen LogP contribution in [0.25, 0.3) is 0 Å². The fraction of sp³-hybridized carbons (Fsp3) is 0.429. The molecule has 1 N–H and O–H groups in total. The quantitative estimate of drug-likeness (QED) is 0.875. The summed E-state index contributed by atoms with van der Waals surface area (Å²) in [4.78, 5) is 12.2. The summed E-state index contributed by atoms with van der Waals surface area (Å²) in [6, 6.07) is 6.79. The fourth-order valence-corrected chi connectivity index (χ4v) is 1.97. The minimum Gasteiger partial charge on any atom is -0.493 e. The maximum absolute atomic E-state index is 12.2. The number of methoxy groups -OCH3 is 2. The van der Waals surface area contributed by atoms with Crippen LogP contribution in [-0.4, -0.2) is 26.2 Å². The highest BCUT2D eigenvalue weighted by molar-refractivity contribution is 5.98. The molecule has 1 aromatic rings. The zero-order chi connectivity index (χ0) is 13.8. The van der Waals surface area contributed by atoms with E-state index < -0.39 is 6.04 Å². The van der Waals surface area contributed by atoms with Gasteiger partial charge in [0.05, 0.1) is 25.9 Å². The molecule has 5 heteroatoms. The maximum atomic E-state index is 12.2. The lowest BCUT2D eigenvalue weighted by molar-refractivity contribution is 0.0938. The minimum atomic E-state index is -0.427. The molecule has 2 rings (SSSR count). The number of nitrogens with zero attached hydrogens (tertiary/aromatic N) is 1. The van der Waals surface area contributed by atoms with Gasteiger partial charge in [0.25, 0.3) is 5.91 Å². The molecule has 0 aliphatic heterocycles. The maximum Gasteiger partial charge on any atom is 0.256 e. The van der Waals surface area contributed by atoms with Crippen molar-refractivity contribution in [3.8, 4) is 17.6 Å². The number of carbonyl (C=O) groups excluding carboxylic acids is 1. The molecule has 100 valence electrons. The van der Waals surface area contributed by atoms with E-state index in [9.17, 15) is 4.79 Å². The van der Waals surface area contributed by atoms with Crippen molar-refractivity contribution in [1.82, 2.24) is 5.32 Å². The lowest BCUT2D eigenvalue weighted by Gasteiger charge is -2.14. The van der Waals surface area contributed by atoms with Crippen molar-refractivity contribution in [2.45, 2.75) is 18.9 Å². The van der Waals surface area contributed by atoms with Crippen molar-refractivity contribution in [1.29, 1.82) is 5.26 Å². The van der Waals surface area contributed by atoms with Gasteiger partial charge >= 0.3 is 0 Å². The van der Waals surface area contributed by atoms with E-state index in [2.05, 4.69) is 11.4 Å². The number of benzene rings is 1. The van der Waals surface area contributed by atoms with Gasteiger partial charge in [-0.3, -0.25) is 4.79 Å². The van der Waals surface area contributed by atoms with Gasteiger partial charge < -0.3 is 14.8 Å². The standard InChI is InChI=1S/C14H16N2O3/c1-18-12-5-3-4-10(13(12)19-2)14(17)16-11(8-15)9-6-7-9/h3-5,9,11H,6-7H2,1-2H3,(H,16,17). The van der Waals surface area contributed by atoms with Crippen LogP contribution in [0.5, 0.6) is 11.5 Å². The first-order chi connectivity index (χ1) is 9.21. The van der Waals surface area contributed by atoms with E-state index in [1.54, 1.807) is 18.2 Å². The lowest BCUT2D eigenvalue weighted by Crippen LogP contribution is -2.35. The molecule has 1 unspecified atom stereocenters. The highest BCUT2D eigenvalue weighted by Crippen LogP contribution is 2.34. The fourth-order valence-electron chi connectivity index (χ4n) is 1.97. The highest BCUT2D eigenvalue weighted by atomic mass is 16.5. The second-order valence-electron chi connectivity index (χ2n) is 4.46. The van der Waals surface area contributed by atoms with E-state index in [1.807, 2.05) is 0 Å². The van der Waals surface area contributed by atoms with E-state index in [4.69, 9.17) is 14.7 Å². The van der Waals surface area contributed by atoms with Gasteiger partial charge in [0.2, 0.25) is 0 Å². The Bertz CT molecular complexity index is 518. The molecule has 0 saturated heterocycles. The van der Waals surface area contributed by atoms with E-state index in [0.29, 0.717) is 17.1 Å². The smallest absolute Gasteiger partial charge is 0.256 e. The summed E-state index contributed by atoms with van der Waals surface area (Å²) < 4.78 is 10.4. The average molecular weight is 260 g/mol. The number of nitrogens with one attached hydrogen (secondary N) is 1. The van der Waals surface area contributed by atoms with Crippen LogP contribution in [0.1, 0.15) is 23.2 Å². The molecule has 19 heavy (non-hydrogen) atoms. The summed E-state index contributed by atoms with van der Waals surface area (Å²) in [7, 11) is 3.00. The number of carbonyl (C=O) groups is 1. The topological polar surface area (TPSA) is 71.3 Å². The molecule has 0 heterocycles. The van der Waals surface area contributed by atoms with Gasteiger partial charge in [-0.2, -0.15) is 5.26 Å². The summed E-state index contributed by atoms with van der Waals surface area (Å²) in [5.41, 5.74) is 0.378. The van der Waals surface area contributed by atoms with Gasteiger partial charge in [-0.15, -0.1) is 0 Å². The van der Waals surface area contributed by atoms with Gasteiger partial charge in [0, 0.05) is 0 Å². The first kappa shape index (κ1) is 13.2. The molecule has 1 aliphatic carbocycles. The Morgan fingerprint density at radius 2 is 2.16 bits per heavy atom. The van der Waals surface area contributed by atoms with E-state index >= 15 is 0 Å². The van der Waals surface area contributed by atoms with Crippen molar-refractivity contribution < 1.29 is 14.3 Å². The molecule has 0 spiro atoms. The Hall–Kier alpha value is -2.22. The molecule has 1 atom stereocenters. The van der Waals surface area contributed by atoms with E-state index in [0.717, 1.165) is 12.8 Å². The SMILES string of the molecule is COc1cccc(C(=O)NC(C#N)C2CC2)c1OC. The Labute approximate surface area is 112 Å². The van der Waals surface area contributed by atoms with Crippen LogP contribution in [0, 0.1) is 17.2 Å². The van der Waals surface area contributed by atoms with Crippen LogP contribution in [-0.2, 0) is 0 Å². The number of ether oxygens (including phenoxy) is 2. The first-order valence-electron chi connectivity index (χ1n) is 6.12. The minimum absolute atomic E-state index is 0.283. The molecule has 5 nitrogen and oxygen atoms in total. The zero-order valence-corrected chi connectivity index (χ0v) is 11.0. The van der Waals surface area contributed by atoms with Crippen molar-refractivity contribution in [3.05, 3.63) is 23.8 Å². The Balaban J connectivity index is 2.21. The third-order valence-corrected chi connectivity index (χ3v) is 3.17. The summed E-state index contributed by atoms with van der Waals surface area (Å²) in [5, 5.41) is 11.8. The molecule has 1 saturated carbocycles. The second-order valence-corrected chi connectivity index (χ2v) is 4.46. The molecular formula is C14H16N2O3. The Morgan fingerprint density at radius 1 is 1.42 bits per heavy atom. The van der Waals surface area contributed by atoms with Gasteiger partial charge in [0.15, 0.2) is 11.5 Å². The van der Waals surface area contributed by atoms with Crippen molar-refractivity contribution in [3.63, 3.8) is 0 Å². The predicted octanol–water partition coefficient (Wildman–Crippen LogP) is 1.74. The Morgan fingerprint density at radius 3 is 2.68 bits per heavy atom. The van der Waals surface area contributed by atoms with Crippen LogP contribution in [0.15, 0.2) is 18.2 Å². The lowest BCUT2D eigenvalue weighted by atomic mass is 10.1. The molecule has 1 aromatic carbocycles. The molecule has 0 bridgehead atoms. The summed E-state index contributed by atoms with van der Waals surface area (Å²) in [6.07, 6.45) is 1.99. The normalized spacial score (nSPS) is 15.2. The highest BCUT2D eigenvalue weighted by Gasteiger charge is 2.33. The zero-order valence-electron chi connectivity index (χ0n) is 11.0. The number of hydrogen-bond donors (Lipinski definition) is 1. The van der Waals surface area contributed by atoms with Crippen molar-refractivity contribution >= 4 is 5.91 Å². The number of nitriles is 1. The number of hydrogen-bond acceptors (Lipinski definition) is 4. The largest absolute Gasteiger partial charge is 0.493 e. The summed E-state index contributed by atoms with van der Waals surface area (Å²) in [5.74, 6) is 0.852. The molecule has 0 aromatic heterocycles. The van der Waals surface area contributed by atoms with Crippen molar-refractivity contribution in [2.75, 3.05) is 14.2 Å². The van der Waals surface area contributed by atoms with Crippen molar-refractivity contribution in [2.24, 2.45) is 5.92 Å². The molecule has 1 aliphatic rings. The summed E-state index contributed by atoms with van der Waals surface area (Å²) in [6.45, 7) is 0. The number of para-hydroxylation sites is 1. The van der Waals surface area contributed by atoms with E-state index in [-0.39, 0.29) is 11.8 Å². The monoisotopic (exact) mass is 260 g/mol. The third kappa shape index (κ3) is 2.79. The van der Waals surface area contributed by atoms with Gasteiger partial charge in [-0.25, -0.2) is 0 Å². The molecule has 1 fully saturated rings. The molecule has 1 amide bonds. The number of amides is 1. The van der Waals surface area contributed by atoms with Crippen LogP contribution in [0.4, 0.5) is 0 Å². The number of rotatable bonds is 5. The summed E-state index contributed by atoms with van der Waals surface area (Å²) >= 11 is 0. The first-order valence-corrected chi connectivity index (χ1v) is 6.12.